The molecule has 0 bridgehead atoms. The van der Waals surface area contributed by atoms with Gasteiger partial charge in [-0.05, 0) is 31.9 Å². The first-order valence-corrected chi connectivity index (χ1v) is 6.74. The van der Waals surface area contributed by atoms with Crippen molar-refractivity contribution < 1.29 is 0 Å². The highest BCUT2D eigenvalue weighted by Crippen LogP contribution is 2.40. The van der Waals surface area contributed by atoms with Crippen LogP contribution in [-0.2, 0) is 0 Å². The summed E-state index contributed by atoms with van der Waals surface area (Å²) in [5.74, 6) is 1.97. The standard InChI is InChI=1S/C12H12ClN3S/c1-6-10(8-4-5-9(13)17-8)15-12(7-2-3-7)16-11(6)14/h4-5,7H,2-3H2,1H3,(H2,14,15,16). The Hall–Kier alpha value is -1.13. The Morgan fingerprint density at radius 2 is 2.12 bits per heavy atom. The van der Waals surface area contributed by atoms with Gasteiger partial charge < -0.3 is 5.73 Å². The van der Waals surface area contributed by atoms with E-state index >= 15 is 0 Å². The number of nitrogen functional groups attached to an aromatic ring is 1. The minimum atomic E-state index is 0.507. The Kier molecular flexibility index (Phi) is 2.56. The summed E-state index contributed by atoms with van der Waals surface area (Å²) in [4.78, 5) is 10.1. The van der Waals surface area contributed by atoms with Crippen molar-refractivity contribution in [2.75, 3.05) is 5.73 Å². The van der Waals surface area contributed by atoms with Gasteiger partial charge in [-0.2, -0.15) is 0 Å². The zero-order valence-corrected chi connectivity index (χ0v) is 11.0. The Morgan fingerprint density at radius 1 is 1.35 bits per heavy atom. The number of aromatic nitrogens is 2. The molecule has 0 unspecified atom stereocenters. The number of anilines is 1. The van der Waals surface area contributed by atoms with Crippen LogP contribution in [0.4, 0.5) is 5.82 Å². The molecule has 0 aliphatic heterocycles. The first-order chi connectivity index (χ1) is 8.15. The number of hydrogen-bond donors (Lipinski definition) is 1. The molecule has 1 saturated carbocycles. The Labute approximate surface area is 109 Å². The van der Waals surface area contributed by atoms with E-state index < -0.39 is 0 Å². The molecule has 1 aliphatic rings. The fourth-order valence-electron chi connectivity index (χ4n) is 1.76. The number of halogens is 1. The van der Waals surface area contributed by atoms with Gasteiger partial charge in [-0.25, -0.2) is 9.97 Å². The van der Waals surface area contributed by atoms with Gasteiger partial charge in [0.1, 0.15) is 11.6 Å². The van der Waals surface area contributed by atoms with E-state index in [1.54, 1.807) is 0 Å². The van der Waals surface area contributed by atoms with Crippen molar-refractivity contribution in [1.82, 2.24) is 9.97 Å². The van der Waals surface area contributed by atoms with E-state index in [0.29, 0.717) is 11.7 Å². The minimum absolute atomic E-state index is 0.507. The number of rotatable bonds is 2. The summed E-state index contributed by atoms with van der Waals surface area (Å²) in [7, 11) is 0. The number of hydrogen-bond acceptors (Lipinski definition) is 4. The van der Waals surface area contributed by atoms with E-state index in [2.05, 4.69) is 9.97 Å². The normalized spacial score (nSPS) is 15.2. The lowest BCUT2D eigenvalue weighted by Crippen LogP contribution is -2.03. The SMILES string of the molecule is Cc1c(N)nc(C2CC2)nc1-c1ccc(Cl)s1. The van der Waals surface area contributed by atoms with E-state index in [9.17, 15) is 0 Å². The van der Waals surface area contributed by atoms with Gasteiger partial charge in [-0.15, -0.1) is 11.3 Å². The Balaban J connectivity index is 2.13. The minimum Gasteiger partial charge on any atom is -0.383 e. The molecule has 0 radical (unpaired) electrons. The highest BCUT2D eigenvalue weighted by molar-refractivity contribution is 7.19. The summed E-state index contributed by atoms with van der Waals surface area (Å²) < 4.78 is 0.768. The van der Waals surface area contributed by atoms with E-state index in [1.807, 2.05) is 19.1 Å². The molecule has 2 heterocycles. The molecule has 1 fully saturated rings. The van der Waals surface area contributed by atoms with E-state index in [-0.39, 0.29) is 0 Å². The predicted molar refractivity (Wildman–Crippen MR) is 71.5 cm³/mol. The first kappa shape index (κ1) is 11.0. The molecule has 0 spiro atoms. The van der Waals surface area contributed by atoms with Crippen LogP contribution in [0, 0.1) is 6.92 Å². The molecule has 5 heteroatoms. The van der Waals surface area contributed by atoms with Crippen molar-refractivity contribution in [2.24, 2.45) is 0 Å². The molecular weight excluding hydrogens is 254 g/mol. The maximum Gasteiger partial charge on any atom is 0.134 e. The van der Waals surface area contributed by atoms with Gasteiger partial charge in [0.2, 0.25) is 0 Å². The van der Waals surface area contributed by atoms with Crippen molar-refractivity contribution >= 4 is 28.8 Å². The largest absolute Gasteiger partial charge is 0.383 e. The first-order valence-electron chi connectivity index (χ1n) is 5.55. The number of nitrogens with two attached hydrogens (primary N) is 1. The van der Waals surface area contributed by atoms with Crippen LogP contribution in [0.1, 0.15) is 30.1 Å². The van der Waals surface area contributed by atoms with Crippen molar-refractivity contribution in [3.63, 3.8) is 0 Å². The Morgan fingerprint density at radius 3 is 2.71 bits per heavy atom. The molecule has 17 heavy (non-hydrogen) atoms. The van der Waals surface area contributed by atoms with Crippen LogP contribution >= 0.6 is 22.9 Å². The number of thiophene rings is 1. The summed E-state index contributed by atoms with van der Waals surface area (Å²) in [5.41, 5.74) is 7.82. The van der Waals surface area contributed by atoms with Crippen LogP contribution in [0.3, 0.4) is 0 Å². The van der Waals surface area contributed by atoms with Crippen LogP contribution in [-0.4, -0.2) is 9.97 Å². The van der Waals surface area contributed by atoms with Crippen molar-refractivity contribution in [1.29, 1.82) is 0 Å². The molecule has 0 amide bonds. The van der Waals surface area contributed by atoms with Crippen LogP contribution in [0.2, 0.25) is 4.34 Å². The van der Waals surface area contributed by atoms with E-state index in [1.165, 1.54) is 24.2 Å². The summed E-state index contributed by atoms with van der Waals surface area (Å²) in [6.07, 6.45) is 2.35. The van der Waals surface area contributed by atoms with Gasteiger partial charge in [-0.1, -0.05) is 11.6 Å². The van der Waals surface area contributed by atoms with Gasteiger partial charge in [0, 0.05) is 11.5 Å². The number of nitrogens with zero attached hydrogens (tertiary/aromatic N) is 2. The summed E-state index contributed by atoms with van der Waals surface area (Å²) in [5, 5.41) is 0. The van der Waals surface area contributed by atoms with Crippen LogP contribution in [0.15, 0.2) is 12.1 Å². The average molecular weight is 266 g/mol. The third-order valence-electron chi connectivity index (χ3n) is 2.95. The zero-order valence-electron chi connectivity index (χ0n) is 9.40. The maximum atomic E-state index is 5.96. The second-order valence-corrected chi connectivity index (χ2v) is 6.03. The van der Waals surface area contributed by atoms with Crippen molar-refractivity contribution in [3.8, 4) is 10.6 Å². The quantitative estimate of drug-likeness (QED) is 0.902. The lowest BCUT2D eigenvalue weighted by Gasteiger charge is -2.08. The topological polar surface area (TPSA) is 51.8 Å². The Bertz CT molecular complexity index is 575. The molecule has 3 rings (SSSR count). The highest BCUT2D eigenvalue weighted by atomic mass is 35.5. The van der Waals surface area contributed by atoms with Gasteiger partial charge >= 0.3 is 0 Å². The highest BCUT2D eigenvalue weighted by Gasteiger charge is 2.28. The fourth-order valence-corrected chi connectivity index (χ4v) is 2.85. The second-order valence-electron chi connectivity index (χ2n) is 4.32. The fraction of sp³-hybridized carbons (Fsp3) is 0.333. The molecular formula is C12H12ClN3S. The zero-order chi connectivity index (χ0) is 12.0. The maximum absolute atomic E-state index is 5.96. The molecule has 1 aliphatic carbocycles. The molecule has 88 valence electrons. The smallest absolute Gasteiger partial charge is 0.134 e. The van der Waals surface area contributed by atoms with Crippen molar-refractivity contribution in [3.05, 3.63) is 27.9 Å². The van der Waals surface area contributed by atoms with Gasteiger partial charge in [0.25, 0.3) is 0 Å². The van der Waals surface area contributed by atoms with Crippen LogP contribution in [0.25, 0.3) is 10.6 Å². The molecule has 0 aromatic carbocycles. The molecule has 2 aromatic rings. The third kappa shape index (κ3) is 2.03. The molecule has 0 atom stereocenters. The lowest BCUT2D eigenvalue weighted by molar-refractivity contribution is 0.929. The van der Waals surface area contributed by atoms with Gasteiger partial charge in [-0.3, -0.25) is 0 Å². The molecule has 0 saturated heterocycles. The van der Waals surface area contributed by atoms with E-state index in [4.69, 9.17) is 17.3 Å². The lowest BCUT2D eigenvalue weighted by atomic mass is 10.2. The second kappa shape index (κ2) is 3.96. The monoisotopic (exact) mass is 265 g/mol. The summed E-state index contributed by atoms with van der Waals surface area (Å²) >= 11 is 7.49. The molecule has 2 aromatic heterocycles. The summed E-state index contributed by atoms with van der Waals surface area (Å²) in [6.45, 7) is 1.95. The van der Waals surface area contributed by atoms with E-state index in [0.717, 1.165) is 26.3 Å². The third-order valence-corrected chi connectivity index (χ3v) is 4.19. The van der Waals surface area contributed by atoms with Gasteiger partial charge in [0.05, 0.1) is 14.9 Å². The van der Waals surface area contributed by atoms with Crippen LogP contribution < -0.4 is 5.73 Å². The van der Waals surface area contributed by atoms with Crippen molar-refractivity contribution in [2.45, 2.75) is 25.7 Å². The average Bonchev–Trinajstić information content (AvgIpc) is 3.05. The van der Waals surface area contributed by atoms with Crippen LogP contribution in [0.5, 0.6) is 0 Å². The molecule has 3 nitrogen and oxygen atoms in total. The van der Waals surface area contributed by atoms with Gasteiger partial charge in [0.15, 0.2) is 0 Å². The summed E-state index contributed by atoms with van der Waals surface area (Å²) in [6, 6.07) is 3.87. The molecule has 2 N–H and O–H groups in total. The predicted octanol–water partition coefficient (Wildman–Crippen LogP) is 3.63.